The number of ether oxygens (including phenoxy) is 1. The van der Waals surface area contributed by atoms with Gasteiger partial charge in [-0.25, -0.2) is 13.2 Å². The summed E-state index contributed by atoms with van der Waals surface area (Å²) in [6, 6.07) is 7.67. The van der Waals surface area contributed by atoms with Crippen LogP contribution in [0.25, 0.3) is 10.9 Å². The van der Waals surface area contributed by atoms with Gasteiger partial charge in [-0.3, -0.25) is 4.72 Å². The number of hydrogen-bond donors (Lipinski definition) is 3. The first-order valence-electron chi connectivity index (χ1n) is 6.41. The molecule has 0 aliphatic rings. The molecule has 0 fully saturated rings. The number of aromatic nitrogens is 1. The Morgan fingerprint density at radius 3 is 2.74 bits per heavy atom. The minimum atomic E-state index is -3.75. The van der Waals surface area contributed by atoms with Crippen LogP contribution in [0.2, 0.25) is 0 Å². The Balaban J connectivity index is 2.14. The van der Waals surface area contributed by atoms with Gasteiger partial charge in [0.15, 0.2) is 0 Å². The largest absolute Gasteiger partial charge is 0.497 e. The van der Waals surface area contributed by atoms with Crippen LogP contribution in [-0.2, 0) is 10.0 Å². The minimum Gasteiger partial charge on any atom is -0.497 e. The highest BCUT2D eigenvalue weighted by Gasteiger charge is 2.19. The maximum absolute atomic E-state index is 12.4. The van der Waals surface area contributed by atoms with Gasteiger partial charge in [0.2, 0.25) is 0 Å². The molecule has 0 aliphatic heterocycles. The van der Waals surface area contributed by atoms with Gasteiger partial charge in [-0.05, 0) is 23.6 Å². The van der Waals surface area contributed by atoms with Crippen LogP contribution in [-0.4, -0.2) is 31.6 Å². The number of thiophene rings is 1. The van der Waals surface area contributed by atoms with Crippen LogP contribution < -0.4 is 9.46 Å². The SMILES string of the molecule is COc1cc(NS(=O)(=O)c2cccs2)c2[nH]c(C(=O)O)cc2c1. The van der Waals surface area contributed by atoms with Crippen molar-refractivity contribution >= 4 is 43.9 Å². The third-order valence-electron chi connectivity index (χ3n) is 3.17. The zero-order valence-corrected chi connectivity index (χ0v) is 13.5. The molecule has 2 aromatic heterocycles. The molecule has 0 spiro atoms. The van der Waals surface area contributed by atoms with E-state index in [1.54, 1.807) is 17.5 Å². The van der Waals surface area contributed by atoms with Crippen LogP contribution in [0, 0.1) is 0 Å². The summed E-state index contributed by atoms with van der Waals surface area (Å²) >= 11 is 1.09. The molecule has 7 nitrogen and oxygen atoms in total. The summed E-state index contributed by atoms with van der Waals surface area (Å²) in [5.41, 5.74) is 0.563. The smallest absolute Gasteiger partial charge is 0.352 e. The van der Waals surface area contributed by atoms with Crippen LogP contribution >= 0.6 is 11.3 Å². The van der Waals surface area contributed by atoms with Gasteiger partial charge in [-0.1, -0.05) is 6.07 Å². The van der Waals surface area contributed by atoms with Gasteiger partial charge in [-0.2, -0.15) is 0 Å². The fourth-order valence-electron chi connectivity index (χ4n) is 2.14. The Kier molecular flexibility index (Phi) is 3.74. The van der Waals surface area contributed by atoms with Gasteiger partial charge < -0.3 is 14.8 Å². The molecule has 0 amide bonds. The molecular formula is C14H12N2O5S2. The predicted octanol–water partition coefficient (Wildman–Crippen LogP) is 2.74. The van der Waals surface area contributed by atoms with Crippen molar-refractivity contribution in [2.24, 2.45) is 0 Å². The molecule has 0 bridgehead atoms. The average molecular weight is 352 g/mol. The maximum Gasteiger partial charge on any atom is 0.352 e. The number of carboxylic acids is 1. The van der Waals surface area contributed by atoms with Gasteiger partial charge in [0.05, 0.1) is 18.3 Å². The van der Waals surface area contributed by atoms with Gasteiger partial charge >= 0.3 is 5.97 Å². The van der Waals surface area contributed by atoms with Gasteiger partial charge in [0.1, 0.15) is 15.7 Å². The van der Waals surface area contributed by atoms with E-state index >= 15 is 0 Å². The van der Waals surface area contributed by atoms with E-state index in [2.05, 4.69) is 9.71 Å². The Bertz CT molecular complexity index is 974. The van der Waals surface area contributed by atoms with Crippen molar-refractivity contribution in [3.8, 4) is 5.75 Å². The quantitative estimate of drug-likeness (QED) is 0.654. The van der Waals surface area contributed by atoms with Gasteiger partial charge in [-0.15, -0.1) is 11.3 Å². The van der Waals surface area contributed by atoms with E-state index in [-0.39, 0.29) is 15.6 Å². The van der Waals surface area contributed by atoms with E-state index in [1.165, 1.54) is 25.3 Å². The maximum atomic E-state index is 12.4. The fraction of sp³-hybridized carbons (Fsp3) is 0.0714. The molecule has 0 radical (unpaired) electrons. The summed E-state index contributed by atoms with van der Waals surface area (Å²) in [6.45, 7) is 0. The van der Waals surface area contributed by atoms with Crippen LogP contribution in [0.15, 0.2) is 39.9 Å². The molecule has 9 heteroatoms. The molecule has 120 valence electrons. The van der Waals surface area contributed by atoms with Gasteiger partial charge in [0.25, 0.3) is 10.0 Å². The molecule has 23 heavy (non-hydrogen) atoms. The van der Waals surface area contributed by atoms with E-state index < -0.39 is 16.0 Å². The lowest BCUT2D eigenvalue weighted by Crippen LogP contribution is -2.12. The Morgan fingerprint density at radius 2 is 2.13 bits per heavy atom. The number of sulfonamides is 1. The zero-order chi connectivity index (χ0) is 16.6. The second-order valence-corrected chi connectivity index (χ2v) is 7.52. The van der Waals surface area contributed by atoms with Crippen molar-refractivity contribution in [3.63, 3.8) is 0 Å². The number of rotatable bonds is 5. The molecule has 3 aromatic rings. The molecule has 0 saturated carbocycles. The number of hydrogen-bond acceptors (Lipinski definition) is 5. The van der Waals surface area contributed by atoms with Crippen molar-refractivity contribution < 1.29 is 23.1 Å². The third-order valence-corrected chi connectivity index (χ3v) is 5.94. The standard InChI is InChI=1S/C14H12N2O5S2/c1-21-9-5-8-6-11(14(17)18)15-13(8)10(7-9)16-23(19,20)12-3-2-4-22-12/h2-7,15-16H,1H3,(H,17,18). The van der Waals surface area contributed by atoms with E-state index in [0.29, 0.717) is 16.7 Å². The second kappa shape index (κ2) is 5.60. The average Bonchev–Trinajstić information content (AvgIpc) is 3.16. The molecular weight excluding hydrogens is 340 g/mol. The van der Waals surface area contributed by atoms with Crippen LogP contribution in [0.1, 0.15) is 10.5 Å². The van der Waals surface area contributed by atoms with E-state index in [1.807, 2.05) is 0 Å². The zero-order valence-electron chi connectivity index (χ0n) is 11.9. The summed E-state index contributed by atoms with van der Waals surface area (Å²) in [4.78, 5) is 13.8. The summed E-state index contributed by atoms with van der Waals surface area (Å²) in [5.74, 6) is -0.718. The van der Waals surface area contributed by atoms with E-state index in [9.17, 15) is 13.2 Å². The highest BCUT2D eigenvalue weighted by molar-refractivity contribution is 7.94. The molecule has 0 saturated heterocycles. The van der Waals surface area contributed by atoms with Crippen molar-refractivity contribution in [1.29, 1.82) is 0 Å². The molecule has 0 unspecified atom stereocenters. The lowest BCUT2D eigenvalue weighted by Gasteiger charge is -2.09. The number of H-pyrrole nitrogens is 1. The van der Waals surface area contributed by atoms with Crippen LogP contribution in [0.5, 0.6) is 5.75 Å². The highest BCUT2D eigenvalue weighted by atomic mass is 32.2. The number of aromatic carboxylic acids is 1. The molecule has 3 rings (SSSR count). The molecule has 0 aliphatic carbocycles. The fourth-order valence-corrected chi connectivity index (χ4v) is 4.20. The molecule has 1 aromatic carbocycles. The number of methoxy groups -OCH3 is 1. The minimum absolute atomic E-state index is 0.0372. The highest BCUT2D eigenvalue weighted by Crippen LogP contribution is 2.31. The summed E-state index contributed by atoms with van der Waals surface area (Å²) in [5, 5.41) is 11.3. The third kappa shape index (κ3) is 2.88. The first-order valence-corrected chi connectivity index (χ1v) is 8.77. The normalized spacial score (nSPS) is 11.5. The topological polar surface area (TPSA) is 108 Å². The number of fused-ring (bicyclic) bond motifs is 1. The van der Waals surface area contributed by atoms with Crippen molar-refractivity contribution in [2.75, 3.05) is 11.8 Å². The van der Waals surface area contributed by atoms with Crippen molar-refractivity contribution in [2.45, 2.75) is 4.21 Å². The van der Waals surface area contributed by atoms with Crippen LogP contribution in [0.3, 0.4) is 0 Å². The number of aromatic amines is 1. The Hall–Kier alpha value is -2.52. The Morgan fingerprint density at radius 1 is 1.35 bits per heavy atom. The number of benzene rings is 1. The number of carbonyl (C=O) groups is 1. The monoisotopic (exact) mass is 352 g/mol. The number of anilines is 1. The molecule has 0 atom stereocenters. The summed E-state index contributed by atoms with van der Waals surface area (Å²) < 4.78 is 32.5. The summed E-state index contributed by atoms with van der Waals surface area (Å²) in [7, 11) is -2.30. The summed E-state index contributed by atoms with van der Waals surface area (Å²) in [6.07, 6.45) is 0. The predicted molar refractivity (Wildman–Crippen MR) is 86.9 cm³/mol. The van der Waals surface area contributed by atoms with Crippen LogP contribution in [0.4, 0.5) is 5.69 Å². The number of nitrogens with one attached hydrogen (secondary N) is 2. The number of carboxylic acid groups (broad SMARTS) is 1. The molecule has 3 N–H and O–H groups in total. The lowest BCUT2D eigenvalue weighted by molar-refractivity contribution is 0.0691. The van der Waals surface area contributed by atoms with Crippen molar-refractivity contribution in [3.05, 3.63) is 41.4 Å². The van der Waals surface area contributed by atoms with E-state index in [0.717, 1.165) is 11.3 Å². The van der Waals surface area contributed by atoms with E-state index in [4.69, 9.17) is 9.84 Å². The first kappa shape index (κ1) is 15.4. The van der Waals surface area contributed by atoms with Gasteiger partial charge in [0, 0.05) is 11.5 Å². The van der Waals surface area contributed by atoms with Crippen molar-refractivity contribution in [1.82, 2.24) is 4.98 Å². The lowest BCUT2D eigenvalue weighted by atomic mass is 10.2. The second-order valence-electron chi connectivity index (χ2n) is 4.66. The molecule has 2 heterocycles. The first-order chi connectivity index (χ1) is 10.9. The Labute approximate surface area is 135 Å².